The van der Waals surface area contributed by atoms with Crippen molar-refractivity contribution in [2.75, 3.05) is 13.1 Å². The molecular weight excluding hydrogens is 306 g/mol. The summed E-state index contributed by atoms with van der Waals surface area (Å²) >= 11 is 6.54. The highest BCUT2D eigenvalue weighted by Gasteiger charge is 2.22. The third kappa shape index (κ3) is 2.99. The predicted octanol–water partition coefficient (Wildman–Crippen LogP) is 4.60. The van der Waals surface area contributed by atoms with Gasteiger partial charge in [0.2, 0.25) is 0 Å². The summed E-state index contributed by atoms with van der Waals surface area (Å²) < 4.78 is 0. The Bertz CT molecular complexity index is 789. The molecule has 0 spiro atoms. The summed E-state index contributed by atoms with van der Waals surface area (Å²) in [7, 11) is 0. The monoisotopic (exact) mass is 325 g/mol. The molecule has 0 radical (unpaired) electrons. The van der Waals surface area contributed by atoms with Crippen molar-refractivity contribution in [3.05, 3.63) is 65.1 Å². The molecule has 1 aliphatic heterocycles. The number of para-hydroxylation sites is 1. The lowest BCUT2D eigenvalue weighted by Gasteiger charge is -2.31. The molecule has 1 aromatic carbocycles. The number of piperidine rings is 1. The summed E-state index contributed by atoms with van der Waals surface area (Å²) in [5.41, 5.74) is 3.68. The molecule has 4 rings (SSSR count). The lowest BCUT2D eigenvalue weighted by Crippen LogP contribution is -2.32. The summed E-state index contributed by atoms with van der Waals surface area (Å²) in [5.74, 6) is 0.660. The van der Waals surface area contributed by atoms with Crippen molar-refractivity contribution >= 4 is 22.5 Å². The van der Waals surface area contributed by atoms with Crippen LogP contribution >= 0.6 is 11.6 Å². The molecule has 3 heterocycles. The molecule has 23 heavy (non-hydrogen) atoms. The van der Waals surface area contributed by atoms with E-state index in [1.54, 1.807) is 0 Å². The van der Waals surface area contributed by atoms with E-state index in [0.29, 0.717) is 5.92 Å². The molecule has 3 nitrogen and oxygen atoms in total. The number of nitrogens with zero attached hydrogens (tertiary/aromatic N) is 2. The largest absolute Gasteiger partial charge is 0.356 e. The maximum atomic E-state index is 6.54. The number of rotatable bonds is 3. The van der Waals surface area contributed by atoms with Gasteiger partial charge in [-0.15, -0.1) is 0 Å². The van der Waals surface area contributed by atoms with Gasteiger partial charge in [-0.25, -0.2) is 0 Å². The number of aromatic amines is 1. The molecule has 1 aliphatic rings. The van der Waals surface area contributed by atoms with Gasteiger partial charge >= 0.3 is 0 Å². The van der Waals surface area contributed by atoms with Gasteiger partial charge in [0.1, 0.15) is 0 Å². The van der Waals surface area contributed by atoms with E-state index < -0.39 is 0 Å². The van der Waals surface area contributed by atoms with Gasteiger partial charge in [0, 0.05) is 35.5 Å². The van der Waals surface area contributed by atoms with E-state index in [1.165, 1.54) is 18.4 Å². The molecule has 2 aromatic heterocycles. The third-order valence-electron chi connectivity index (χ3n) is 4.86. The van der Waals surface area contributed by atoms with Gasteiger partial charge in [0.05, 0.1) is 5.02 Å². The lowest BCUT2D eigenvalue weighted by molar-refractivity contribution is 0.203. The van der Waals surface area contributed by atoms with Gasteiger partial charge in [-0.1, -0.05) is 29.8 Å². The highest BCUT2D eigenvalue weighted by atomic mass is 35.5. The van der Waals surface area contributed by atoms with E-state index in [-0.39, 0.29) is 0 Å². The second-order valence-corrected chi connectivity index (χ2v) is 6.67. The molecule has 1 saturated heterocycles. The minimum absolute atomic E-state index is 0.660. The van der Waals surface area contributed by atoms with E-state index >= 15 is 0 Å². The fraction of sp³-hybridized carbons (Fsp3) is 0.316. The van der Waals surface area contributed by atoms with Crippen molar-refractivity contribution in [3.8, 4) is 0 Å². The summed E-state index contributed by atoms with van der Waals surface area (Å²) in [5, 5.41) is 1.99. The average Bonchev–Trinajstić information content (AvgIpc) is 2.93. The van der Waals surface area contributed by atoms with E-state index in [4.69, 9.17) is 11.6 Å². The van der Waals surface area contributed by atoms with Crippen molar-refractivity contribution in [2.24, 2.45) is 0 Å². The topological polar surface area (TPSA) is 31.9 Å². The van der Waals surface area contributed by atoms with Crippen LogP contribution in [0.4, 0.5) is 0 Å². The summed E-state index contributed by atoms with van der Waals surface area (Å²) in [6.07, 6.45) is 6.18. The quantitative estimate of drug-likeness (QED) is 0.763. The molecule has 0 amide bonds. The third-order valence-corrected chi connectivity index (χ3v) is 5.29. The number of pyridine rings is 1. The Morgan fingerprint density at radius 1 is 1.09 bits per heavy atom. The van der Waals surface area contributed by atoms with Crippen LogP contribution in [-0.4, -0.2) is 28.0 Å². The van der Waals surface area contributed by atoms with Crippen LogP contribution in [0.25, 0.3) is 10.9 Å². The Labute approximate surface area is 141 Å². The van der Waals surface area contributed by atoms with E-state index in [9.17, 15) is 0 Å². The number of fused-ring (bicyclic) bond motifs is 1. The van der Waals surface area contributed by atoms with Gasteiger partial charge in [-0.05, 0) is 55.6 Å². The summed E-state index contributed by atoms with van der Waals surface area (Å²) in [4.78, 5) is 10.1. The van der Waals surface area contributed by atoms with E-state index in [0.717, 1.165) is 41.3 Å². The first-order chi connectivity index (χ1) is 11.3. The fourth-order valence-electron chi connectivity index (χ4n) is 3.56. The first kappa shape index (κ1) is 14.7. The number of hydrogen-bond donors (Lipinski definition) is 1. The maximum absolute atomic E-state index is 6.54. The van der Waals surface area contributed by atoms with Crippen LogP contribution in [0.5, 0.6) is 0 Å². The zero-order valence-corrected chi connectivity index (χ0v) is 13.8. The number of aromatic nitrogens is 2. The molecule has 0 atom stereocenters. The van der Waals surface area contributed by atoms with Crippen LogP contribution in [0.15, 0.2) is 48.8 Å². The first-order valence-electron chi connectivity index (χ1n) is 8.18. The van der Waals surface area contributed by atoms with Crippen LogP contribution in [0.3, 0.4) is 0 Å². The Hall–Kier alpha value is -1.84. The predicted molar refractivity (Wildman–Crippen MR) is 94.8 cm³/mol. The van der Waals surface area contributed by atoms with Gasteiger partial charge < -0.3 is 4.98 Å². The van der Waals surface area contributed by atoms with Gasteiger partial charge in [-0.2, -0.15) is 0 Å². The van der Waals surface area contributed by atoms with Crippen molar-refractivity contribution in [2.45, 2.75) is 25.3 Å². The molecule has 0 aliphatic carbocycles. The van der Waals surface area contributed by atoms with Crippen molar-refractivity contribution in [1.82, 2.24) is 14.9 Å². The van der Waals surface area contributed by atoms with Crippen LogP contribution in [0.2, 0.25) is 5.02 Å². The average molecular weight is 326 g/mol. The molecule has 118 valence electrons. The molecular formula is C19H20ClN3. The smallest absolute Gasteiger partial charge is 0.0705 e. The molecule has 0 unspecified atom stereocenters. The normalized spacial score (nSPS) is 16.9. The van der Waals surface area contributed by atoms with Gasteiger partial charge in [0.15, 0.2) is 0 Å². The van der Waals surface area contributed by atoms with Gasteiger partial charge in [0.25, 0.3) is 0 Å². The van der Waals surface area contributed by atoms with E-state index in [2.05, 4.69) is 39.1 Å². The number of likely N-dealkylation sites (tertiary alicyclic amines) is 1. The Morgan fingerprint density at radius 2 is 1.83 bits per heavy atom. The second-order valence-electron chi connectivity index (χ2n) is 6.29. The number of H-pyrrole nitrogens is 1. The van der Waals surface area contributed by atoms with Gasteiger partial charge in [-0.3, -0.25) is 9.88 Å². The summed E-state index contributed by atoms with van der Waals surface area (Å²) in [6.45, 7) is 3.12. The number of benzene rings is 1. The Morgan fingerprint density at radius 3 is 2.57 bits per heavy atom. The molecule has 3 aromatic rings. The molecule has 0 bridgehead atoms. The highest BCUT2D eigenvalue weighted by molar-refractivity contribution is 6.36. The fourth-order valence-corrected chi connectivity index (χ4v) is 3.83. The highest BCUT2D eigenvalue weighted by Crippen LogP contribution is 2.31. The molecule has 1 fully saturated rings. The standard InChI is InChI=1S/C19H20ClN3/c20-19-16-3-1-2-4-17(16)22-18(19)13-23-11-7-15(8-12-23)14-5-9-21-10-6-14/h1-6,9-10,15,22H,7-8,11-13H2. The van der Waals surface area contributed by atoms with Crippen LogP contribution in [-0.2, 0) is 6.54 Å². The molecule has 1 N–H and O–H groups in total. The zero-order chi connectivity index (χ0) is 15.6. The van der Waals surface area contributed by atoms with Crippen molar-refractivity contribution in [3.63, 3.8) is 0 Å². The first-order valence-corrected chi connectivity index (χ1v) is 8.56. The zero-order valence-electron chi connectivity index (χ0n) is 13.0. The van der Waals surface area contributed by atoms with Crippen molar-refractivity contribution < 1.29 is 0 Å². The number of hydrogen-bond acceptors (Lipinski definition) is 2. The second kappa shape index (κ2) is 6.34. The van der Waals surface area contributed by atoms with E-state index in [1.807, 2.05) is 24.5 Å². The van der Waals surface area contributed by atoms with Crippen LogP contribution < -0.4 is 0 Å². The molecule has 4 heteroatoms. The summed E-state index contributed by atoms with van der Waals surface area (Å²) in [6, 6.07) is 12.5. The SMILES string of the molecule is Clc1c(CN2CCC(c3ccncc3)CC2)[nH]c2ccccc12. The Balaban J connectivity index is 1.43. The molecule has 0 saturated carbocycles. The lowest BCUT2D eigenvalue weighted by atomic mass is 9.90. The minimum Gasteiger partial charge on any atom is -0.356 e. The maximum Gasteiger partial charge on any atom is 0.0705 e. The number of nitrogens with one attached hydrogen (secondary N) is 1. The number of halogens is 1. The van der Waals surface area contributed by atoms with Crippen molar-refractivity contribution in [1.29, 1.82) is 0 Å². The van der Waals surface area contributed by atoms with Crippen LogP contribution in [0, 0.1) is 0 Å². The van der Waals surface area contributed by atoms with Crippen LogP contribution in [0.1, 0.15) is 30.0 Å². The Kier molecular flexibility index (Phi) is 4.06. The minimum atomic E-state index is 0.660.